The van der Waals surface area contributed by atoms with Gasteiger partial charge >= 0.3 is 11.9 Å². The van der Waals surface area contributed by atoms with Crippen LogP contribution in [-0.2, 0) is 19.1 Å². The lowest BCUT2D eigenvalue weighted by molar-refractivity contribution is -0.139. The fourth-order valence-corrected chi connectivity index (χ4v) is 3.16. The number of benzene rings is 1. The van der Waals surface area contributed by atoms with Crippen molar-refractivity contribution < 1.29 is 19.1 Å². The Bertz CT molecular complexity index is 948. The summed E-state index contributed by atoms with van der Waals surface area (Å²) in [7, 11) is 2.46. The molecule has 3 rings (SSSR count). The van der Waals surface area contributed by atoms with Gasteiger partial charge in [-0.05, 0) is 24.3 Å². The molecule has 0 unspecified atom stereocenters. The fraction of sp³-hybridized carbons (Fsp3) is 0.125. The predicted molar refractivity (Wildman–Crippen MR) is 94.2 cm³/mol. The first-order valence-electron chi connectivity index (χ1n) is 7.04. The van der Waals surface area contributed by atoms with Crippen LogP contribution in [0.3, 0.4) is 0 Å². The van der Waals surface area contributed by atoms with Gasteiger partial charge in [0.15, 0.2) is 0 Å². The summed E-state index contributed by atoms with van der Waals surface area (Å²) in [6, 6.07) is 3.38. The third-order valence-corrected chi connectivity index (χ3v) is 4.33. The van der Waals surface area contributed by atoms with Crippen LogP contribution in [0.4, 0.5) is 5.69 Å². The number of allylic oxidation sites excluding steroid dienone is 2. The highest BCUT2D eigenvalue weighted by atomic mass is 35.5. The van der Waals surface area contributed by atoms with E-state index in [0.29, 0.717) is 21.7 Å². The van der Waals surface area contributed by atoms with E-state index < -0.39 is 11.9 Å². The Morgan fingerprint density at radius 3 is 2.60 bits per heavy atom. The number of carbonyl (C=O) groups is 2. The average Bonchev–Trinajstić information content (AvgIpc) is 2.99. The zero-order valence-electron chi connectivity index (χ0n) is 13.2. The molecule has 0 bridgehead atoms. The molecule has 0 N–H and O–H groups in total. The summed E-state index contributed by atoms with van der Waals surface area (Å²) in [4.78, 5) is 26.1. The van der Waals surface area contributed by atoms with E-state index >= 15 is 0 Å². The van der Waals surface area contributed by atoms with Crippen molar-refractivity contribution in [1.82, 2.24) is 8.75 Å². The summed E-state index contributed by atoms with van der Waals surface area (Å²) in [6.07, 6.45) is 6.34. The van der Waals surface area contributed by atoms with E-state index in [1.54, 1.807) is 30.5 Å². The van der Waals surface area contributed by atoms with Gasteiger partial charge in [0.05, 0.1) is 42.2 Å². The normalized spacial score (nSPS) is 14.0. The van der Waals surface area contributed by atoms with Gasteiger partial charge in [0.1, 0.15) is 16.7 Å². The number of fused-ring (bicyclic) bond motifs is 1. The van der Waals surface area contributed by atoms with Crippen molar-refractivity contribution in [2.45, 2.75) is 0 Å². The van der Waals surface area contributed by atoms with Crippen molar-refractivity contribution in [2.75, 3.05) is 19.1 Å². The second kappa shape index (κ2) is 7.04. The molecular formula is C16H12ClN3O4S. The van der Waals surface area contributed by atoms with Gasteiger partial charge in [0, 0.05) is 6.20 Å². The second-order valence-electron chi connectivity index (χ2n) is 4.84. The number of methoxy groups -OCH3 is 2. The van der Waals surface area contributed by atoms with E-state index in [4.69, 9.17) is 21.1 Å². The van der Waals surface area contributed by atoms with Crippen LogP contribution in [0.2, 0.25) is 5.02 Å². The molecule has 0 fully saturated rings. The lowest BCUT2D eigenvalue weighted by Gasteiger charge is -2.24. The number of aromatic nitrogens is 2. The summed E-state index contributed by atoms with van der Waals surface area (Å²) in [5.41, 5.74) is 1.57. The molecule has 0 spiro atoms. The standard InChI is InChI=1S/C16H12ClN3O4S/c1-23-15(21)9-5-3-4-8-20(13(9)16(22)24-2)14-10(17)6-7-11-12(14)19-25-18-11/h3-8H,1-2H3. The Hall–Kier alpha value is -2.71. The topological polar surface area (TPSA) is 81.6 Å². The molecular weight excluding hydrogens is 366 g/mol. The van der Waals surface area contributed by atoms with Crippen molar-refractivity contribution in [3.63, 3.8) is 0 Å². The number of nitrogens with zero attached hydrogens (tertiary/aromatic N) is 3. The van der Waals surface area contributed by atoms with Gasteiger partial charge in [0.25, 0.3) is 0 Å². The lowest BCUT2D eigenvalue weighted by atomic mass is 10.1. The van der Waals surface area contributed by atoms with Crippen LogP contribution in [0.5, 0.6) is 0 Å². The Labute approximate surface area is 152 Å². The molecule has 1 aromatic heterocycles. The number of anilines is 1. The van der Waals surface area contributed by atoms with Crippen LogP contribution in [0.15, 0.2) is 47.8 Å². The van der Waals surface area contributed by atoms with Gasteiger partial charge in [-0.2, -0.15) is 8.75 Å². The first kappa shape index (κ1) is 17.1. The third kappa shape index (κ3) is 3.01. The quantitative estimate of drug-likeness (QED) is 0.760. The maximum Gasteiger partial charge on any atom is 0.355 e. The Morgan fingerprint density at radius 1 is 1.12 bits per heavy atom. The van der Waals surface area contributed by atoms with E-state index in [2.05, 4.69) is 8.75 Å². The molecule has 0 amide bonds. The lowest BCUT2D eigenvalue weighted by Crippen LogP contribution is -2.27. The van der Waals surface area contributed by atoms with Crippen molar-refractivity contribution >= 4 is 52.0 Å². The van der Waals surface area contributed by atoms with Crippen LogP contribution >= 0.6 is 23.3 Å². The number of carbonyl (C=O) groups excluding carboxylic acids is 2. The van der Waals surface area contributed by atoms with E-state index in [0.717, 1.165) is 11.7 Å². The largest absolute Gasteiger partial charge is 0.465 e. The molecule has 7 nitrogen and oxygen atoms in total. The Morgan fingerprint density at radius 2 is 1.88 bits per heavy atom. The molecule has 0 aliphatic carbocycles. The maximum atomic E-state index is 12.4. The minimum Gasteiger partial charge on any atom is -0.465 e. The SMILES string of the molecule is COC(=O)C1=C(C(=O)OC)N(c2c(Cl)ccc3nsnc23)C=CC=C1. The number of ether oxygens (including phenoxy) is 2. The van der Waals surface area contributed by atoms with Gasteiger partial charge < -0.3 is 14.4 Å². The monoisotopic (exact) mass is 377 g/mol. The summed E-state index contributed by atoms with van der Waals surface area (Å²) in [6.45, 7) is 0. The highest BCUT2D eigenvalue weighted by molar-refractivity contribution is 7.00. The van der Waals surface area contributed by atoms with Crippen LogP contribution in [0.25, 0.3) is 11.0 Å². The van der Waals surface area contributed by atoms with E-state index in [-0.39, 0.29) is 11.3 Å². The molecule has 25 heavy (non-hydrogen) atoms. The number of hydrogen-bond acceptors (Lipinski definition) is 8. The minimum absolute atomic E-state index is 0.0262. The Balaban J connectivity index is 2.31. The molecule has 0 saturated carbocycles. The number of rotatable bonds is 3. The first-order chi connectivity index (χ1) is 12.1. The van der Waals surface area contributed by atoms with E-state index in [9.17, 15) is 9.59 Å². The molecule has 0 atom stereocenters. The third-order valence-electron chi connectivity index (χ3n) is 3.48. The summed E-state index contributed by atoms with van der Waals surface area (Å²) in [5.74, 6) is -1.39. The average molecular weight is 378 g/mol. The second-order valence-corrected chi connectivity index (χ2v) is 5.78. The number of esters is 2. The molecule has 2 aromatic rings. The van der Waals surface area contributed by atoms with Crippen molar-refractivity contribution in [2.24, 2.45) is 0 Å². The van der Waals surface area contributed by atoms with E-state index in [1.165, 1.54) is 25.2 Å². The molecule has 1 aromatic carbocycles. The first-order valence-corrected chi connectivity index (χ1v) is 8.15. The minimum atomic E-state index is -0.715. The predicted octanol–water partition coefficient (Wildman–Crippen LogP) is 2.83. The van der Waals surface area contributed by atoms with Gasteiger partial charge in [-0.3, -0.25) is 0 Å². The summed E-state index contributed by atoms with van der Waals surface area (Å²) < 4.78 is 18.1. The van der Waals surface area contributed by atoms with Crippen LogP contribution in [0, 0.1) is 0 Å². The molecule has 0 saturated heterocycles. The molecule has 1 aliphatic heterocycles. The van der Waals surface area contributed by atoms with Crippen molar-refractivity contribution in [1.29, 1.82) is 0 Å². The van der Waals surface area contributed by atoms with Gasteiger partial charge in [-0.1, -0.05) is 17.7 Å². The van der Waals surface area contributed by atoms with Crippen LogP contribution in [0.1, 0.15) is 0 Å². The van der Waals surface area contributed by atoms with Crippen molar-refractivity contribution in [3.8, 4) is 0 Å². The van der Waals surface area contributed by atoms with E-state index in [1.807, 2.05) is 0 Å². The molecule has 2 heterocycles. The molecule has 1 aliphatic rings. The molecule has 9 heteroatoms. The zero-order chi connectivity index (χ0) is 18.0. The molecule has 128 valence electrons. The smallest absolute Gasteiger partial charge is 0.355 e. The summed E-state index contributed by atoms with van der Waals surface area (Å²) >= 11 is 7.39. The highest BCUT2D eigenvalue weighted by Gasteiger charge is 2.30. The Kier molecular flexibility index (Phi) is 4.82. The van der Waals surface area contributed by atoms with Crippen LogP contribution in [-0.4, -0.2) is 34.9 Å². The van der Waals surface area contributed by atoms with Gasteiger partial charge in [-0.15, -0.1) is 0 Å². The number of hydrogen-bond donors (Lipinski definition) is 0. The molecule has 0 radical (unpaired) electrons. The number of halogens is 1. The van der Waals surface area contributed by atoms with Crippen LogP contribution < -0.4 is 4.90 Å². The zero-order valence-corrected chi connectivity index (χ0v) is 14.8. The highest BCUT2D eigenvalue weighted by Crippen LogP contribution is 2.37. The van der Waals surface area contributed by atoms with Gasteiger partial charge in [-0.25, -0.2) is 9.59 Å². The maximum absolute atomic E-state index is 12.4. The van der Waals surface area contributed by atoms with Crippen molar-refractivity contribution in [3.05, 3.63) is 52.9 Å². The summed E-state index contributed by atoms with van der Waals surface area (Å²) in [5, 5.41) is 0.345. The fourth-order valence-electron chi connectivity index (χ4n) is 2.38. The van der Waals surface area contributed by atoms with Gasteiger partial charge in [0.2, 0.25) is 0 Å².